The highest BCUT2D eigenvalue weighted by Crippen LogP contribution is 2.43. The van der Waals surface area contributed by atoms with E-state index in [4.69, 9.17) is 0 Å². The van der Waals surface area contributed by atoms with Crippen molar-refractivity contribution in [1.82, 2.24) is 0 Å². The second-order valence-electron chi connectivity index (χ2n) is 3.51. The van der Waals surface area contributed by atoms with Gasteiger partial charge in [0.1, 0.15) is 0 Å². The van der Waals surface area contributed by atoms with E-state index < -0.39 is 37.3 Å². The van der Waals surface area contributed by atoms with Crippen LogP contribution >= 0.6 is 11.8 Å². The molecule has 108 valence electrons. The molecule has 0 aromatic heterocycles. The minimum absolute atomic E-state index is 0.160. The van der Waals surface area contributed by atoms with Crippen molar-refractivity contribution in [2.24, 2.45) is 0 Å². The minimum Gasteiger partial charge on any atom is -0.288 e. The summed E-state index contributed by atoms with van der Waals surface area (Å²) in [7, 11) is 0. The summed E-state index contributed by atoms with van der Waals surface area (Å²) in [5.74, 6) is -10.5. The lowest BCUT2D eigenvalue weighted by Crippen LogP contribution is -2.50. The lowest BCUT2D eigenvalue weighted by atomic mass is 10.0. The average molecular weight is 300 g/mol. The number of thioether (sulfide) groups is 1. The topological polar surface area (TPSA) is 17.1 Å². The van der Waals surface area contributed by atoms with Gasteiger partial charge >= 0.3 is 11.8 Å². The molecule has 1 atom stereocenters. The quantitative estimate of drug-likeness (QED) is 0.523. The Hall–Kier alpha value is -0.470. The molecular weight excluding hydrogens is 289 g/mol. The van der Waals surface area contributed by atoms with Crippen LogP contribution in [0.2, 0.25) is 0 Å². The number of halogens is 7. The largest absolute Gasteiger partial charge is 0.346 e. The molecule has 0 heterocycles. The maximum Gasteiger partial charge on any atom is 0.346 e. The number of alkyl halides is 7. The Bertz CT molecular complexity index is 282. The Morgan fingerprint density at radius 2 is 1.67 bits per heavy atom. The summed E-state index contributed by atoms with van der Waals surface area (Å²) in [6.45, 7) is 1.16. The van der Waals surface area contributed by atoms with E-state index >= 15 is 0 Å². The SMILES string of the molecule is CC(=O)SCCCC(F)(F)C(F)(F)C(F)C(F)F. The fourth-order valence-corrected chi connectivity index (χ4v) is 1.61. The maximum atomic E-state index is 12.9. The summed E-state index contributed by atoms with van der Waals surface area (Å²) in [4.78, 5) is 10.4. The van der Waals surface area contributed by atoms with E-state index in [0.29, 0.717) is 11.8 Å². The molecule has 0 spiro atoms. The van der Waals surface area contributed by atoms with Crippen molar-refractivity contribution in [2.75, 3.05) is 5.75 Å². The number of carbonyl (C=O) groups excluding carboxylic acids is 1. The highest BCUT2D eigenvalue weighted by molar-refractivity contribution is 8.13. The molecule has 18 heavy (non-hydrogen) atoms. The van der Waals surface area contributed by atoms with Crippen molar-refractivity contribution in [3.8, 4) is 0 Å². The van der Waals surface area contributed by atoms with E-state index in [1.807, 2.05) is 0 Å². The van der Waals surface area contributed by atoms with Gasteiger partial charge in [0, 0.05) is 19.1 Å². The number of rotatable bonds is 7. The zero-order chi connectivity index (χ0) is 14.6. The zero-order valence-corrected chi connectivity index (χ0v) is 10.1. The van der Waals surface area contributed by atoms with Crippen LogP contribution in [-0.2, 0) is 4.79 Å². The van der Waals surface area contributed by atoms with Crippen LogP contribution in [0.15, 0.2) is 0 Å². The second-order valence-corrected chi connectivity index (χ2v) is 4.78. The zero-order valence-electron chi connectivity index (χ0n) is 9.24. The van der Waals surface area contributed by atoms with Gasteiger partial charge in [0.2, 0.25) is 6.17 Å². The van der Waals surface area contributed by atoms with Crippen molar-refractivity contribution >= 4 is 16.9 Å². The fourth-order valence-electron chi connectivity index (χ4n) is 1.04. The van der Waals surface area contributed by atoms with E-state index in [-0.39, 0.29) is 10.9 Å². The van der Waals surface area contributed by atoms with Gasteiger partial charge < -0.3 is 0 Å². The first-order valence-corrected chi connectivity index (χ1v) is 5.82. The highest BCUT2D eigenvalue weighted by Gasteiger charge is 2.63. The molecule has 0 fully saturated rings. The third kappa shape index (κ3) is 4.66. The molecule has 0 aromatic rings. The average Bonchev–Trinajstić information content (AvgIpc) is 2.22. The molecule has 0 amide bonds. The molecule has 0 rings (SSSR count). The third-order valence-corrected chi connectivity index (χ3v) is 2.89. The van der Waals surface area contributed by atoms with E-state index in [2.05, 4.69) is 0 Å². The molecule has 0 saturated heterocycles. The summed E-state index contributed by atoms with van der Waals surface area (Å²) >= 11 is 0.638. The molecule has 0 aliphatic heterocycles. The van der Waals surface area contributed by atoms with Gasteiger partial charge in [0.15, 0.2) is 5.12 Å². The number of carbonyl (C=O) groups is 1. The molecule has 0 aliphatic rings. The van der Waals surface area contributed by atoms with Gasteiger partial charge in [0.25, 0.3) is 6.43 Å². The lowest BCUT2D eigenvalue weighted by molar-refractivity contribution is -0.259. The standard InChI is InChI=1S/C9H11F7OS/c1-5(17)18-4-2-3-8(13,14)9(15,16)6(10)7(11)12/h6-7H,2-4H2,1H3. The first kappa shape index (κ1) is 17.5. The van der Waals surface area contributed by atoms with Crippen molar-refractivity contribution in [2.45, 2.75) is 44.2 Å². The van der Waals surface area contributed by atoms with Crippen LogP contribution < -0.4 is 0 Å². The molecule has 9 heteroatoms. The van der Waals surface area contributed by atoms with Gasteiger partial charge in [-0.2, -0.15) is 17.6 Å². The van der Waals surface area contributed by atoms with E-state index in [1.165, 1.54) is 0 Å². The smallest absolute Gasteiger partial charge is 0.288 e. The van der Waals surface area contributed by atoms with Crippen LogP contribution in [0.3, 0.4) is 0 Å². The summed E-state index contributed by atoms with van der Waals surface area (Å²) in [5, 5.41) is -0.388. The second kappa shape index (κ2) is 6.63. The molecule has 0 N–H and O–H groups in total. The first-order valence-electron chi connectivity index (χ1n) is 4.83. The molecule has 1 unspecified atom stereocenters. The summed E-state index contributed by atoms with van der Waals surface area (Å²) in [6, 6.07) is 0. The van der Waals surface area contributed by atoms with Crippen molar-refractivity contribution < 1.29 is 35.5 Å². The number of hydrogen-bond acceptors (Lipinski definition) is 2. The molecule has 0 bridgehead atoms. The van der Waals surface area contributed by atoms with Crippen molar-refractivity contribution in [3.05, 3.63) is 0 Å². The Morgan fingerprint density at radius 1 is 1.17 bits per heavy atom. The maximum absolute atomic E-state index is 12.9. The Labute approximate surface area is 103 Å². The van der Waals surface area contributed by atoms with Gasteiger partial charge in [-0.15, -0.1) is 0 Å². The summed E-state index contributed by atoms with van der Waals surface area (Å²) in [6.07, 6.45) is -10.4. The Balaban J connectivity index is 4.46. The normalized spacial score (nSPS) is 14.9. The Kier molecular flexibility index (Phi) is 6.45. The molecule has 0 saturated carbocycles. The highest BCUT2D eigenvalue weighted by atomic mass is 32.2. The van der Waals surface area contributed by atoms with Gasteiger partial charge in [-0.05, 0) is 6.42 Å². The minimum atomic E-state index is -5.43. The van der Waals surface area contributed by atoms with Gasteiger partial charge in [-0.25, -0.2) is 13.2 Å². The summed E-state index contributed by atoms with van der Waals surface area (Å²) in [5.41, 5.74) is 0. The van der Waals surface area contributed by atoms with Crippen LogP contribution in [0.25, 0.3) is 0 Å². The predicted molar refractivity (Wildman–Crippen MR) is 53.2 cm³/mol. The van der Waals surface area contributed by atoms with E-state index in [1.54, 1.807) is 0 Å². The van der Waals surface area contributed by atoms with Crippen LogP contribution in [0.4, 0.5) is 30.7 Å². The lowest BCUT2D eigenvalue weighted by Gasteiger charge is -2.28. The van der Waals surface area contributed by atoms with Gasteiger partial charge in [-0.3, -0.25) is 4.79 Å². The summed E-state index contributed by atoms with van der Waals surface area (Å²) < 4.78 is 87.2. The number of hydrogen-bond donors (Lipinski definition) is 0. The Morgan fingerprint density at radius 3 is 2.06 bits per heavy atom. The third-order valence-electron chi connectivity index (χ3n) is 2.00. The van der Waals surface area contributed by atoms with Crippen LogP contribution in [0.1, 0.15) is 19.8 Å². The molecule has 1 nitrogen and oxygen atoms in total. The monoisotopic (exact) mass is 300 g/mol. The molecule has 0 radical (unpaired) electrons. The van der Waals surface area contributed by atoms with E-state index in [9.17, 15) is 35.5 Å². The molecule has 0 aliphatic carbocycles. The molecule has 0 aromatic carbocycles. The fraction of sp³-hybridized carbons (Fsp3) is 0.889. The van der Waals surface area contributed by atoms with Crippen LogP contribution in [0.5, 0.6) is 0 Å². The predicted octanol–water partition coefficient (Wildman–Crippen LogP) is 3.92. The first-order chi connectivity index (χ1) is 8.02. The van der Waals surface area contributed by atoms with Gasteiger partial charge in [-0.1, -0.05) is 11.8 Å². The van der Waals surface area contributed by atoms with Crippen molar-refractivity contribution in [1.29, 1.82) is 0 Å². The van der Waals surface area contributed by atoms with Crippen LogP contribution in [0, 0.1) is 0 Å². The van der Waals surface area contributed by atoms with Crippen LogP contribution in [-0.4, -0.2) is 35.3 Å². The van der Waals surface area contributed by atoms with Crippen molar-refractivity contribution in [3.63, 3.8) is 0 Å². The van der Waals surface area contributed by atoms with Gasteiger partial charge in [0.05, 0.1) is 0 Å². The van der Waals surface area contributed by atoms with E-state index in [0.717, 1.165) is 6.92 Å². The molecular formula is C9H11F7OS.